The van der Waals surface area contributed by atoms with Gasteiger partial charge in [-0.25, -0.2) is 5.48 Å². The van der Waals surface area contributed by atoms with Gasteiger partial charge in [-0.2, -0.15) is 0 Å². The van der Waals surface area contributed by atoms with E-state index in [-0.39, 0.29) is 6.61 Å². The van der Waals surface area contributed by atoms with Gasteiger partial charge in [-0.3, -0.25) is 0 Å². The van der Waals surface area contributed by atoms with Crippen LogP contribution in [0.4, 0.5) is 0 Å². The Morgan fingerprint density at radius 1 is 1.30 bits per heavy atom. The van der Waals surface area contributed by atoms with Crippen molar-refractivity contribution in [3.05, 3.63) is 0 Å². The molecule has 0 aliphatic carbocycles. The van der Waals surface area contributed by atoms with Gasteiger partial charge in [0.1, 0.15) is 0 Å². The molecule has 62 valence electrons. The third kappa shape index (κ3) is 7.84. The van der Waals surface area contributed by atoms with Gasteiger partial charge in [0.15, 0.2) is 0 Å². The molecular formula is C6H16N2O2. The summed E-state index contributed by atoms with van der Waals surface area (Å²) in [5.41, 5.74) is 2.75. The van der Waals surface area contributed by atoms with E-state index in [9.17, 15) is 0 Å². The molecule has 0 aromatic rings. The first kappa shape index (κ1) is 9.84. The van der Waals surface area contributed by atoms with E-state index in [1.165, 1.54) is 0 Å². The molecule has 0 radical (unpaired) electrons. The number of hydrogen-bond donors (Lipinski definition) is 3. The van der Waals surface area contributed by atoms with Crippen LogP contribution >= 0.6 is 0 Å². The average molecular weight is 148 g/mol. The van der Waals surface area contributed by atoms with Crippen molar-refractivity contribution in [1.82, 2.24) is 10.8 Å². The number of nitrogens with one attached hydrogen (secondary N) is 2. The fourth-order valence-corrected chi connectivity index (χ4v) is 0.518. The van der Waals surface area contributed by atoms with Crippen LogP contribution in [0.15, 0.2) is 0 Å². The smallest absolute Gasteiger partial charge is 0.0653 e. The molecule has 0 bridgehead atoms. The van der Waals surface area contributed by atoms with Crippen LogP contribution in [0, 0.1) is 0 Å². The van der Waals surface area contributed by atoms with Crippen molar-refractivity contribution in [3.8, 4) is 0 Å². The first-order chi connectivity index (χ1) is 4.91. The Labute approximate surface area is 61.5 Å². The van der Waals surface area contributed by atoms with Crippen molar-refractivity contribution in [3.63, 3.8) is 0 Å². The lowest BCUT2D eigenvalue weighted by atomic mass is 10.6. The monoisotopic (exact) mass is 148 g/mol. The largest absolute Gasteiger partial charge is 0.395 e. The van der Waals surface area contributed by atoms with Gasteiger partial charge >= 0.3 is 0 Å². The highest BCUT2D eigenvalue weighted by Crippen LogP contribution is 1.62. The van der Waals surface area contributed by atoms with Gasteiger partial charge in [-0.1, -0.05) is 0 Å². The molecule has 4 nitrogen and oxygen atoms in total. The summed E-state index contributed by atoms with van der Waals surface area (Å²) in [6, 6.07) is 0. The minimum absolute atomic E-state index is 0.189. The number of hydrogen-bond acceptors (Lipinski definition) is 4. The Kier molecular flexibility index (Phi) is 8.70. The number of aliphatic hydroxyl groups excluding tert-OH is 1. The van der Waals surface area contributed by atoms with Crippen LogP contribution in [0.3, 0.4) is 0 Å². The topological polar surface area (TPSA) is 53.5 Å². The SMILES string of the molecule is CCONCCNCCO. The van der Waals surface area contributed by atoms with Crippen LogP contribution in [0.1, 0.15) is 6.92 Å². The van der Waals surface area contributed by atoms with Crippen LogP contribution in [-0.2, 0) is 4.84 Å². The number of aliphatic hydroxyl groups is 1. The van der Waals surface area contributed by atoms with Crippen molar-refractivity contribution in [1.29, 1.82) is 0 Å². The lowest BCUT2D eigenvalue weighted by Gasteiger charge is -2.03. The van der Waals surface area contributed by atoms with Gasteiger partial charge < -0.3 is 15.3 Å². The molecule has 0 atom stereocenters. The highest BCUT2D eigenvalue weighted by Gasteiger charge is 1.84. The van der Waals surface area contributed by atoms with E-state index < -0.39 is 0 Å². The molecule has 0 aliphatic heterocycles. The van der Waals surface area contributed by atoms with Crippen molar-refractivity contribution >= 4 is 0 Å². The Morgan fingerprint density at radius 2 is 2.10 bits per heavy atom. The zero-order valence-electron chi connectivity index (χ0n) is 6.39. The molecule has 0 aromatic carbocycles. The molecular weight excluding hydrogens is 132 g/mol. The normalized spacial score (nSPS) is 10.2. The molecule has 0 spiro atoms. The highest BCUT2D eigenvalue weighted by atomic mass is 16.6. The second-order valence-electron chi connectivity index (χ2n) is 1.80. The van der Waals surface area contributed by atoms with E-state index in [1.807, 2.05) is 6.92 Å². The summed E-state index contributed by atoms with van der Waals surface area (Å²) in [5, 5.41) is 11.4. The molecule has 0 amide bonds. The zero-order valence-corrected chi connectivity index (χ0v) is 6.39. The van der Waals surface area contributed by atoms with E-state index >= 15 is 0 Å². The molecule has 0 aliphatic rings. The fourth-order valence-electron chi connectivity index (χ4n) is 0.518. The first-order valence-electron chi connectivity index (χ1n) is 3.58. The molecule has 0 fully saturated rings. The predicted octanol–water partition coefficient (Wildman–Crippen LogP) is -0.891. The molecule has 0 saturated carbocycles. The maximum Gasteiger partial charge on any atom is 0.0653 e. The average Bonchev–Trinajstić information content (AvgIpc) is 1.97. The summed E-state index contributed by atoms with van der Waals surface area (Å²) in [6.45, 7) is 5.03. The van der Waals surface area contributed by atoms with Crippen LogP contribution in [0.5, 0.6) is 0 Å². The van der Waals surface area contributed by atoms with E-state index in [1.54, 1.807) is 0 Å². The molecule has 0 heterocycles. The standard InChI is InChI=1S/C6H16N2O2/c1-2-10-8-4-3-7-5-6-9/h7-9H,2-6H2,1H3. The van der Waals surface area contributed by atoms with Gasteiger partial charge in [0.25, 0.3) is 0 Å². The Balaban J connectivity index is 2.65. The van der Waals surface area contributed by atoms with Crippen molar-refractivity contribution in [2.45, 2.75) is 6.92 Å². The molecule has 4 heteroatoms. The van der Waals surface area contributed by atoms with Crippen molar-refractivity contribution in [2.75, 3.05) is 32.8 Å². The predicted molar refractivity (Wildman–Crippen MR) is 39.6 cm³/mol. The van der Waals surface area contributed by atoms with Crippen LogP contribution in [-0.4, -0.2) is 38.0 Å². The van der Waals surface area contributed by atoms with Gasteiger partial charge in [-0.15, -0.1) is 0 Å². The van der Waals surface area contributed by atoms with E-state index in [0.29, 0.717) is 13.2 Å². The first-order valence-corrected chi connectivity index (χ1v) is 3.58. The lowest BCUT2D eigenvalue weighted by Crippen LogP contribution is -2.29. The summed E-state index contributed by atoms with van der Waals surface area (Å²) >= 11 is 0. The Hall–Kier alpha value is -0.160. The van der Waals surface area contributed by atoms with E-state index in [0.717, 1.165) is 13.1 Å². The minimum Gasteiger partial charge on any atom is -0.395 e. The maximum atomic E-state index is 8.35. The zero-order chi connectivity index (χ0) is 7.66. The van der Waals surface area contributed by atoms with Gasteiger partial charge in [-0.05, 0) is 6.92 Å². The maximum absolute atomic E-state index is 8.35. The van der Waals surface area contributed by atoms with Gasteiger partial charge in [0, 0.05) is 19.6 Å². The molecule has 0 aromatic heterocycles. The van der Waals surface area contributed by atoms with Crippen molar-refractivity contribution < 1.29 is 9.94 Å². The van der Waals surface area contributed by atoms with Gasteiger partial charge in [0.2, 0.25) is 0 Å². The number of hydroxylamine groups is 1. The molecule has 0 rings (SSSR count). The van der Waals surface area contributed by atoms with E-state index in [4.69, 9.17) is 9.94 Å². The van der Waals surface area contributed by atoms with E-state index in [2.05, 4.69) is 10.8 Å². The molecule has 10 heavy (non-hydrogen) atoms. The molecule has 3 N–H and O–H groups in total. The molecule has 0 unspecified atom stereocenters. The Bertz CT molecular complexity index is 53.7. The summed E-state index contributed by atoms with van der Waals surface area (Å²) in [5.74, 6) is 0. The Morgan fingerprint density at radius 3 is 2.70 bits per heavy atom. The fraction of sp³-hybridized carbons (Fsp3) is 1.00. The van der Waals surface area contributed by atoms with Crippen LogP contribution in [0.2, 0.25) is 0 Å². The number of rotatable bonds is 7. The third-order valence-electron chi connectivity index (χ3n) is 0.939. The molecule has 0 saturated heterocycles. The quantitative estimate of drug-likeness (QED) is 0.324. The second kappa shape index (κ2) is 8.84. The minimum atomic E-state index is 0.189. The van der Waals surface area contributed by atoms with Gasteiger partial charge in [0.05, 0.1) is 13.2 Å². The second-order valence-corrected chi connectivity index (χ2v) is 1.80. The highest BCUT2D eigenvalue weighted by molar-refractivity contribution is 4.44. The summed E-state index contributed by atoms with van der Waals surface area (Å²) in [4.78, 5) is 4.86. The van der Waals surface area contributed by atoms with Crippen LogP contribution < -0.4 is 10.8 Å². The summed E-state index contributed by atoms with van der Waals surface area (Å²) in [6.07, 6.45) is 0. The van der Waals surface area contributed by atoms with Crippen molar-refractivity contribution in [2.24, 2.45) is 0 Å². The lowest BCUT2D eigenvalue weighted by molar-refractivity contribution is 0.0517. The summed E-state index contributed by atoms with van der Waals surface area (Å²) < 4.78 is 0. The summed E-state index contributed by atoms with van der Waals surface area (Å²) in [7, 11) is 0. The van der Waals surface area contributed by atoms with Crippen LogP contribution in [0.25, 0.3) is 0 Å². The third-order valence-corrected chi connectivity index (χ3v) is 0.939.